The van der Waals surface area contributed by atoms with Crippen molar-refractivity contribution in [3.8, 4) is 5.75 Å². The monoisotopic (exact) mass is 432 g/mol. The van der Waals surface area contributed by atoms with E-state index in [9.17, 15) is 9.59 Å². The number of ether oxygens (including phenoxy) is 2. The Morgan fingerprint density at radius 1 is 1.10 bits per heavy atom. The smallest absolute Gasteiger partial charge is 0.337 e. The van der Waals surface area contributed by atoms with E-state index >= 15 is 0 Å². The largest absolute Gasteiger partial charge is 0.487 e. The van der Waals surface area contributed by atoms with Gasteiger partial charge in [0.2, 0.25) is 5.91 Å². The highest BCUT2D eigenvalue weighted by molar-refractivity contribution is 5.96. The number of methoxy groups -OCH3 is 1. The predicted octanol–water partition coefficient (Wildman–Crippen LogP) is 4.19. The van der Waals surface area contributed by atoms with Crippen LogP contribution in [0.3, 0.4) is 0 Å². The summed E-state index contributed by atoms with van der Waals surface area (Å²) in [5.41, 5.74) is 1.88. The van der Waals surface area contributed by atoms with Crippen LogP contribution in [-0.4, -0.2) is 32.1 Å². The van der Waals surface area contributed by atoms with E-state index in [1.54, 1.807) is 18.2 Å². The van der Waals surface area contributed by atoms with Gasteiger partial charge in [-0.1, -0.05) is 30.3 Å². The van der Waals surface area contributed by atoms with E-state index in [1.165, 1.54) is 7.11 Å². The van der Waals surface area contributed by atoms with Crippen molar-refractivity contribution in [3.63, 3.8) is 0 Å². The molecule has 7 heteroatoms. The molecule has 6 nitrogen and oxygen atoms in total. The molecular formula is C23H29ClN2O4. The van der Waals surface area contributed by atoms with E-state index in [-0.39, 0.29) is 18.3 Å². The second kappa shape index (κ2) is 12.2. The average molecular weight is 433 g/mol. The Bertz CT molecular complexity index is 823. The summed E-state index contributed by atoms with van der Waals surface area (Å²) in [7, 11) is 1.33. The van der Waals surface area contributed by atoms with E-state index < -0.39 is 5.97 Å². The molecule has 1 heterocycles. The maximum Gasteiger partial charge on any atom is 0.337 e. The molecule has 30 heavy (non-hydrogen) atoms. The fraction of sp³-hybridized carbons (Fsp3) is 0.391. The third-order valence-electron chi connectivity index (χ3n) is 5.15. The summed E-state index contributed by atoms with van der Waals surface area (Å²) in [6, 6.07) is 14.7. The van der Waals surface area contributed by atoms with E-state index in [1.807, 2.05) is 30.3 Å². The number of esters is 1. The number of halogens is 1. The average Bonchev–Trinajstić information content (AvgIpc) is 2.77. The van der Waals surface area contributed by atoms with Gasteiger partial charge >= 0.3 is 5.97 Å². The Hall–Kier alpha value is -2.57. The Balaban J connectivity index is 0.00000320. The highest BCUT2D eigenvalue weighted by Crippen LogP contribution is 2.28. The van der Waals surface area contributed by atoms with Crippen LogP contribution >= 0.6 is 12.4 Å². The maximum atomic E-state index is 12.5. The number of nitrogens with one attached hydrogen (secondary N) is 2. The summed E-state index contributed by atoms with van der Waals surface area (Å²) >= 11 is 0. The molecule has 2 aromatic carbocycles. The molecule has 1 saturated heterocycles. The number of hydrogen-bond donors (Lipinski definition) is 2. The van der Waals surface area contributed by atoms with Crippen molar-refractivity contribution in [2.75, 3.05) is 25.5 Å². The second-order valence-corrected chi connectivity index (χ2v) is 7.26. The third kappa shape index (κ3) is 7.04. The molecule has 0 aromatic heterocycles. The molecule has 0 saturated carbocycles. The minimum Gasteiger partial charge on any atom is -0.487 e. The Labute approximate surface area is 183 Å². The van der Waals surface area contributed by atoms with E-state index in [0.29, 0.717) is 35.9 Å². The lowest BCUT2D eigenvalue weighted by molar-refractivity contribution is -0.116. The molecule has 1 aliphatic heterocycles. The molecule has 162 valence electrons. The van der Waals surface area contributed by atoms with Crippen LogP contribution in [0.1, 0.15) is 41.6 Å². The zero-order valence-electron chi connectivity index (χ0n) is 17.2. The lowest BCUT2D eigenvalue weighted by Gasteiger charge is -2.22. The number of carbonyl (C=O) groups excluding carboxylic acids is 2. The first kappa shape index (κ1) is 23.7. The number of carbonyl (C=O) groups is 2. The molecular weight excluding hydrogens is 404 g/mol. The van der Waals surface area contributed by atoms with E-state index in [2.05, 4.69) is 10.6 Å². The number of rotatable bonds is 8. The number of hydrogen-bond acceptors (Lipinski definition) is 5. The minimum absolute atomic E-state index is 0. The van der Waals surface area contributed by atoms with Crippen LogP contribution in [0, 0.1) is 5.92 Å². The van der Waals surface area contributed by atoms with Crippen LogP contribution in [0.5, 0.6) is 5.75 Å². The molecule has 0 bridgehead atoms. The molecule has 1 fully saturated rings. The van der Waals surface area contributed by atoms with Gasteiger partial charge in [0.15, 0.2) is 0 Å². The normalized spacial score (nSPS) is 13.8. The molecule has 0 unspecified atom stereocenters. The number of amides is 1. The first-order chi connectivity index (χ1) is 14.2. The highest BCUT2D eigenvalue weighted by atomic mass is 35.5. The van der Waals surface area contributed by atoms with Gasteiger partial charge in [0.25, 0.3) is 0 Å². The molecule has 1 aliphatic rings. The summed E-state index contributed by atoms with van der Waals surface area (Å²) in [5, 5.41) is 6.26. The highest BCUT2D eigenvalue weighted by Gasteiger charge is 2.17. The van der Waals surface area contributed by atoms with Gasteiger partial charge in [0, 0.05) is 6.42 Å². The maximum absolute atomic E-state index is 12.5. The number of benzene rings is 2. The first-order valence-corrected chi connectivity index (χ1v) is 10.1. The zero-order valence-corrected chi connectivity index (χ0v) is 18.0. The van der Waals surface area contributed by atoms with Gasteiger partial charge in [-0.25, -0.2) is 4.79 Å². The Morgan fingerprint density at radius 2 is 1.83 bits per heavy atom. The molecule has 0 aliphatic carbocycles. The van der Waals surface area contributed by atoms with E-state index in [4.69, 9.17) is 9.47 Å². The zero-order chi connectivity index (χ0) is 20.5. The van der Waals surface area contributed by atoms with Crippen molar-refractivity contribution in [1.82, 2.24) is 5.32 Å². The van der Waals surface area contributed by atoms with Crippen molar-refractivity contribution in [2.45, 2.75) is 32.3 Å². The summed E-state index contributed by atoms with van der Waals surface area (Å²) in [4.78, 5) is 24.4. The van der Waals surface area contributed by atoms with Gasteiger partial charge in [0.1, 0.15) is 12.4 Å². The molecule has 1 amide bonds. The molecule has 2 N–H and O–H groups in total. The fourth-order valence-electron chi connectivity index (χ4n) is 3.45. The van der Waals surface area contributed by atoms with Gasteiger partial charge in [0.05, 0.1) is 18.4 Å². The van der Waals surface area contributed by atoms with Crippen LogP contribution in [0.15, 0.2) is 48.5 Å². The van der Waals surface area contributed by atoms with Gasteiger partial charge in [-0.15, -0.1) is 12.4 Å². The van der Waals surface area contributed by atoms with Gasteiger partial charge in [-0.05, 0) is 62.0 Å². The Kier molecular flexibility index (Phi) is 9.64. The van der Waals surface area contributed by atoms with Crippen molar-refractivity contribution < 1.29 is 19.1 Å². The minimum atomic E-state index is -0.454. The van der Waals surface area contributed by atoms with Gasteiger partial charge < -0.3 is 20.1 Å². The van der Waals surface area contributed by atoms with Crippen LogP contribution in [0.25, 0.3) is 0 Å². The van der Waals surface area contributed by atoms with Crippen LogP contribution in [0.4, 0.5) is 5.69 Å². The quantitative estimate of drug-likeness (QED) is 0.611. The topological polar surface area (TPSA) is 76.7 Å². The Morgan fingerprint density at radius 3 is 2.53 bits per heavy atom. The fourth-order valence-corrected chi connectivity index (χ4v) is 3.45. The molecule has 2 aromatic rings. The molecule has 0 atom stereocenters. The summed E-state index contributed by atoms with van der Waals surface area (Å²) < 4.78 is 10.7. The SMILES string of the molecule is COC(=O)c1ccc(OCc2ccccc2)c(NC(=O)CCC2CCNCC2)c1.Cl. The van der Waals surface area contributed by atoms with Crippen molar-refractivity contribution in [1.29, 1.82) is 0 Å². The predicted molar refractivity (Wildman–Crippen MR) is 119 cm³/mol. The lowest BCUT2D eigenvalue weighted by Crippen LogP contribution is -2.28. The van der Waals surface area contributed by atoms with Crippen molar-refractivity contribution >= 4 is 30.0 Å². The molecule has 0 radical (unpaired) electrons. The van der Waals surface area contributed by atoms with Gasteiger partial charge in [-0.2, -0.15) is 0 Å². The van der Waals surface area contributed by atoms with Gasteiger partial charge in [-0.3, -0.25) is 4.79 Å². The summed E-state index contributed by atoms with van der Waals surface area (Å²) in [6.07, 6.45) is 3.53. The van der Waals surface area contributed by atoms with Crippen molar-refractivity contribution in [2.24, 2.45) is 5.92 Å². The van der Waals surface area contributed by atoms with Crippen LogP contribution in [0.2, 0.25) is 0 Å². The molecule has 3 rings (SSSR count). The van der Waals surface area contributed by atoms with E-state index in [0.717, 1.165) is 37.9 Å². The van der Waals surface area contributed by atoms with Crippen LogP contribution in [-0.2, 0) is 16.1 Å². The van der Waals surface area contributed by atoms with Crippen molar-refractivity contribution in [3.05, 3.63) is 59.7 Å². The third-order valence-corrected chi connectivity index (χ3v) is 5.15. The second-order valence-electron chi connectivity index (χ2n) is 7.26. The summed E-state index contributed by atoms with van der Waals surface area (Å²) in [6.45, 7) is 2.41. The van der Waals surface area contributed by atoms with Crippen LogP contribution < -0.4 is 15.4 Å². The first-order valence-electron chi connectivity index (χ1n) is 10.1. The standard InChI is InChI=1S/C23H28N2O4.ClH/c1-28-23(27)19-8-9-21(29-16-18-5-3-2-4-6-18)20(15-19)25-22(26)10-7-17-11-13-24-14-12-17;/h2-6,8-9,15,17,24H,7,10-14,16H2,1H3,(H,25,26);1H. The summed E-state index contributed by atoms with van der Waals surface area (Å²) in [5.74, 6) is 0.578. The number of anilines is 1. The lowest BCUT2D eigenvalue weighted by atomic mass is 9.93. The number of piperidine rings is 1. The molecule has 0 spiro atoms.